The van der Waals surface area contributed by atoms with Gasteiger partial charge in [-0.3, -0.25) is 16.0 Å². The predicted octanol–water partition coefficient (Wildman–Crippen LogP) is 0.220. The smallest absolute Gasteiger partial charge is 0.0738 e. The number of ether oxygens (including phenoxy) is 1. The van der Waals surface area contributed by atoms with Crippen LogP contribution in [0.3, 0.4) is 0 Å². The molecule has 0 spiro atoms. The lowest BCUT2D eigenvalue weighted by molar-refractivity contribution is 0.0650. The normalized spacial score (nSPS) is 15.2. The molecular formula is C10H20N4O. The van der Waals surface area contributed by atoms with Gasteiger partial charge in [0.15, 0.2) is 0 Å². The van der Waals surface area contributed by atoms with E-state index in [-0.39, 0.29) is 12.1 Å². The number of aromatic nitrogens is 2. The van der Waals surface area contributed by atoms with Crippen molar-refractivity contribution in [1.82, 2.24) is 15.2 Å². The molecule has 1 aromatic rings. The first-order valence-electron chi connectivity index (χ1n) is 5.18. The lowest BCUT2D eigenvalue weighted by Gasteiger charge is -2.23. The summed E-state index contributed by atoms with van der Waals surface area (Å²) >= 11 is 0. The number of hydrogen-bond acceptors (Lipinski definition) is 4. The fourth-order valence-electron chi connectivity index (χ4n) is 1.71. The minimum absolute atomic E-state index is 0.106. The molecule has 15 heavy (non-hydrogen) atoms. The first-order chi connectivity index (χ1) is 7.21. The first kappa shape index (κ1) is 12.2. The van der Waals surface area contributed by atoms with E-state index in [2.05, 4.69) is 17.4 Å². The third-order valence-corrected chi connectivity index (χ3v) is 2.57. The van der Waals surface area contributed by atoms with Crippen LogP contribution in [0.25, 0.3) is 0 Å². The molecule has 0 saturated carbocycles. The quantitative estimate of drug-likeness (QED) is 0.523. The van der Waals surface area contributed by atoms with E-state index >= 15 is 0 Å². The molecule has 86 valence electrons. The number of hydrazine groups is 1. The fourth-order valence-corrected chi connectivity index (χ4v) is 1.71. The van der Waals surface area contributed by atoms with Crippen LogP contribution in [0.15, 0.2) is 12.3 Å². The third kappa shape index (κ3) is 3.30. The van der Waals surface area contributed by atoms with E-state index in [4.69, 9.17) is 10.6 Å². The number of methoxy groups -OCH3 is 1. The molecule has 2 atom stereocenters. The lowest BCUT2D eigenvalue weighted by Crippen LogP contribution is -2.46. The van der Waals surface area contributed by atoms with Gasteiger partial charge >= 0.3 is 0 Å². The van der Waals surface area contributed by atoms with Crippen molar-refractivity contribution in [3.8, 4) is 0 Å². The van der Waals surface area contributed by atoms with Crippen molar-refractivity contribution in [2.24, 2.45) is 12.9 Å². The van der Waals surface area contributed by atoms with E-state index in [0.717, 1.165) is 18.5 Å². The SMILES string of the molecule is CCC(OC)C(Cc1ccn(C)n1)NN. The van der Waals surface area contributed by atoms with Gasteiger partial charge in [-0.1, -0.05) is 6.92 Å². The van der Waals surface area contributed by atoms with Gasteiger partial charge in [0.25, 0.3) is 0 Å². The molecule has 1 rings (SSSR count). The van der Waals surface area contributed by atoms with Crippen LogP contribution in [0, 0.1) is 0 Å². The van der Waals surface area contributed by atoms with Crippen LogP contribution in [-0.2, 0) is 18.2 Å². The Morgan fingerprint density at radius 3 is 2.80 bits per heavy atom. The van der Waals surface area contributed by atoms with Crippen molar-refractivity contribution in [3.05, 3.63) is 18.0 Å². The molecule has 2 unspecified atom stereocenters. The van der Waals surface area contributed by atoms with Crippen LogP contribution < -0.4 is 11.3 Å². The maximum Gasteiger partial charge on any atom is 0.0738 e. The van der Waals surface area contributed by atoms with Gasteiger partial charge in [0, 0.05) is 26.8 Å². The Balaban J connectivity index is 2.60. The Hall–Kier alpha value is -0.910. The molecule has 0 aromatic carbocycles. The van der Waals surface area contributed by atoms with E-state index in [1.54, 1.807) is 11.8 Å². The van der Waals surface area contributed by atoms with Gasteiger partial charge in [-0.25, -0.2) is 0 Å². The summed E-state index contributed by atoms with van der Waals surface area (Å²) < 4.78 is 7.14. The van der Waals surface area contributed by atoms with Gasteiger partial charge in [-0.15, -0.1) is 0 Å². The molecule has 0 fully saturated rings. The monoisotopic (exact) mass is 212 g/mol. The van der Waals surface area contributed by atoms with Gasteiger partial charge in [0.1, 0.15) is 0 Å². The molecule has 0 saturated heterocycles. The first-order valence-corrected chi connectivity index (χ1v) is 5.18. The van der Waals surface area contributed by atoms with Crippen LogP contribution in [-0.4, -0.2) is 29.0 Å². The Labute approximate surface area is 90.6 Å². The molecule has 5 heteroatoms. The Kier molecular flexibility index (Phi) is 4.74. The van der Waals surface area contributed by atoms with Crippen molar-refractivity contribution in [2.45, 2.75) is 31.9 Å². The van der Waals surface area contributed by atoms with Crippen LogP contribution in [0.5, 0.6) is 0 Å². The highest BCUT2D eigenvalue weighted by molar-refractivity contribution is 5.02. The molecule has 0 aliphatic carbocycles. The molecule has 0 radical (unpaired) electrons. The van der Waals surface area contributed by atoms with Crippen molar-refractivity contribution in [2.75, 3.05) is 7.11 Å². The topological polar surface area (TPSA) is 65.1 Å². The lowest BCUT2D eigenvalue weighted by atomic mass is 10.0. The number of nitrogens with zero attached hydrogens (tertiary/aromatic N) is 2. The maximum atomic E-state index is 5.51. The Bertz CT molecular complexity index is 283. The van der Waals surface area contributed by atoms with Crippen molar-refractivity contribution in [1.29, 1.82) is 0 Å². The largest absolute Gasteiger partial charge is 0.380 e. The Morgan fingerprint density at radius 2 is 2.40 bits per heavy atom. The highest BCUT2D eigenvalue weighted by atomic mass is 16.5. The number of rotatable bonds is 6. The molecular weight excluding hydrogens is 192 g/mol. The van der Waals surface area contributed by atoms with Gasteiger partial charge in [0.05, 0.1) is 17.8 Å². The average Bonchev–Trinajstić information content (AvgIpc) is 2.64. The summed E-state index contributed by atoms with van der Waals surface area (Å²) in [5, 5.41) is 4.31. The number of hydrogen-bond donors (Lipinski definition) is 2. The summed E-state index contributed by atoms with van der Waals surface area (Å²) in [6.45, 7) is 2.08. The second-order valence-corrected chi connectivity index (χ2v) is 3.64. The van der Waals surface area contributed by atoms with Crippen LogP contribution in [0.2, 0.25) is 0 Å². The van der Waals surface area contributed by atoms with Crippen LogP contribution >= 0.6 is 0 Å². The summed E-state index contributed by atoms with van der Waals surface area (Å²) in [6, 6.07) is 2.10. The number of aryl methyl sites for hydroxylation is 1. The molecule has 3 N–H and O–H groups in total. The molecule has 0 amide bonds. The second-order valence-electron chi connectivity index (χ2n) is 3.64. The number of nitrogens with two attached hydrogens (primary N) is 1. The van der Waals surface area contributed by atoms with E-state index in [0.29, 0.717) is 0 Å². The zero-order valence-corrected chi connectivity index (χ0v) is 9.60. The second kappa shape index (κ2) is 5.85. The van der Waals surface area contributed by atoms with Gasteiger partial charge in [-0.05, 0) is 12.5 Å². The minimum atomic E-state index is 0.106. The van der Waals surface area contributed by atoms with Crippen LogP contribution in [0.1, 0.15) is 19.0 Å². The highest BCUT2D eigenvalue weighted by Gasteiger charge is 2.19. The van der Waals surface area contributed by atoms with Gasteiger partial charge in [-0.2, -0.15) is 5.10 Å². The minimum Gasteiger partial charge on any atom is -0.380 e. The predicted molar refractivity (Wildman–Crippen MR) is 59.1 cm³/mol. The van der Waals surface area contributed by atoms with Crippen molar-refractivity contribution >= 4 is 0 Å². The molecule has 1 aromatic heterocycles. The zero-order chi connectivity index (χ0) is 11.3. The van der Waals surface area contributed by atoms with E-state index < -0.39 is 0 Å². The average molecular weight is 212 g/mol. The summed E-state index contributed by atoms with van der Waals surface area (Å²) in [4.78, 5) is 0. The summed E-state index contributed by atoms with van der Waals surface area (Å²) in [6.07, 6.45) is 3.76. The summed E-state index contributed by atoms with van der Waals surface area (Å²) in [5.41, 5.74) is 3.81. The third-order valence-electron chi connectivity index (χ3n) is 2.57. The summed E-state index contributed by atoms with van der Waals surface area (Å²) in [7, 11) is 3.61. The fraction of sp³-hybridized carbons (Fsp3) is 0.700. The van der Waals surface area contributed by atoms with Crippen molar-refractivity contribution in [3.63, 3.8) is 0 Å². The zero-order valence-electron chi connectivity index (χ0n) is 9.60. The molecule has 0 bridgehead atoms. The van der Waals surface area contributed by atoms with Gasteiger partial charge < -0.3 is 4.74 Å². The summed E-state index contributed by atoms with van der Waals surface area (Å²) in [5.74, 6) is 5.51. The number of nitrogens with one attached hydrogen (secondary N) is 1. The Morgan fingerprint density at radius 1 is 1.67 bits per heavy atom. The van der Waals surface area contributed by atoms with E-state index in [1.807, 2.05) is 19.3 Å². The standard InChI is InChI=1S/C10H20N4O/c1-4-10(15-3)9(12-11)7-8-5-6-14(2)13-8/h5-6,9-10,12H,4,7,11H2,1-3H3. The maximum absolute atomic E-state index is 5.51. The molecule has 0 aliphatic heterocycles. The van der Waals surface area contributed by atoms with Gasteiger partial charge in [0.2, 0.25) is 0 Å². The molecule has 0 aliphatic rings. The van der Waals surface area contributed by atoms with E-state index in [9.17, 15) is 0 Å². The van der Waals surface area contributed by atoms with E-state index in [1.165, 1.54) is 0 Å². The highest BCUT2D eigenvalue weighted by Crippen LogP contribution is 2.08. The molecule has 1 heterocycles. The molecule has 5 nitrogen and oxygen atoms in total. The van der Waals surface area contributed by atoms with Crippen LogP contribution in [0.4, 0.5) is 0 Å². The van der Waals surface area contributed by atoms with Crippen molar-refractivity contribution < 1.29 is 4.74 Å².